The third-order valence-corrected chi connectivity index (χ3v) is 5.29. The molecule has 0 bridgehead atoms. The molecule has 2 heterocycles. The van der Waals surface area contributed by atoms with Crippen molar-refractivity contribution in [3.05, 3.63) is 35.4 Å². The third kappa shape index (κ3) is 5.02. The monoisotopic (exact) mass is 460 g/mol. The molecular formula is C17H25IN4OS. The van der Waals surface area contributed by atoms with E-state index < -0.39 is 0 Å². The van der Waals surface area contributed by atoms with Crippen LogP contribution in [-0.4, -0.2) is 52.8 Å². The molecule has 1 saturated heterocycles. The number of guanidine groups is 1. The maximum atomic E-state index is 12.3. The number of nitrogens with two attached hydrogens (primary N) is 1. The van der Waals surface area contributed by atoms with Crippen LogP contribution in [0.2, 0.25) is 0 Å². The standard InChI is InChI=1S/C17H24N4OS.HI/c18-17(20-8-10-23-11-9-20)19-7-3-6-16(22)21-12-14-4-1-2-5-15(14)13-21;/h1-2,4-5H,3,6-13H2,(H2,18,19);1H. The Kier molecular flexibility index (Phi) is 7.67. The molecule has 1 aromatic carbocycles. The molecule has 1 fully saturated rings. The summed E-state index contributed by atoms with van der Waals surface area (Å²) in [5.41, 5.74) is 8.56. The largest absolute Gasteiger partial charge is 0.370 e. The molecule has 1 amide bonds. The quantitative estimate of drug-likeness (QED) is 0.324. The van der Waals surface area contributed by atoms with E-state index in [4.69, 9.17) is 5.73 Å². The Hall–Kier alpha value is -0.960. The molecule has 24 heavy (non-hydrogen) atoms. The van der Waals surface area contributed by atoms with Crippen molar-refractivity contribution in [2.24, 2.45) is 10.7 Å². The second-order valence-corrected chi connectivity index (χ2v) is 7.19. The lowest BCUT2D eigenvalue weighted by atomic mass is 10.1. The molecule has 0 atom stereocenters. The van der Waals surface area contributed by atoms with Crippen LogP contribution in [0.1, 0.15) is 24.0 Å². The number of amides is 1. The van der Waals surface area contributed by atoms with Gasteiger partial charge < -0.3 is 15.5 Å². The average Bonchev–Trinajstić information content (AvgIpc) is 3.03. The van der Waals surface area contributed by atoms with Crippen molar-refractivity contribution in [1.82, 2.24) is 9.80 Å². The predicted molar refractivity (Wildman–Crippen MR) is 111 cm³/mol. The zero-order chi connectivity index (χ0) is 16.1. The third-order valence-electron chi connectivity index (χ3n) is 4.35. The van der Waals surface area contributed by atoms with Gasteiger partial charge in [0.2, 0.25) is 5.91 Å². The van der Waals surface area contributed by atoms with Crippen molar-refractivity contribution in [2.75, 3.05) is 31.1 Å². The van der Waals surface area contributed by atoms with Crippen LogP contribution in [0.4, 0.5) is 0 Å². The Morgan fingerprint density at radius 2 is 1.75 bits per heavy atom. The number of fused-ring (bicyclic) bond motifs is 1. The molecule has 0 spiro atoms. The number of carbonyl (C=O) groups is 1. The summed E-state index contributed by atoms with van der Waals surface area (Å²) < 4.78 is 0. The van der Waals surface area contributed by atoms with Crippen molar-refractivity contribution in [3.8, 4) is 0 Å². The first-order valence-corrected chi connectivity index (χ1v) is 9.36. The van der Waals surface area contributed by atoms with Gasteiger partial charge in [0.25, 0.3) is 0 Å². The van der Waals surface area contributed by atoms with E-state index in [1.54, 1.807) is 0 Å². The van der Waals surface area contributed by atoms with Gasteiger partial charge >= 0.3 is 0 Å². The fourth-order valence-electron chi connectivity index (χ4n) is 2.98. The molecule has 0 aromatic heterocycles. The summed E-state index contributed by atoms with van der Waals surface area (Å²) in [6, 6.07) is 8.27. The van der Waals surface area contributed by atoms with Gasteiger partial charge in [-0.1, -0.05) is 24.3 Å². The Labute approximate surface area is 165 Å². The Morgan fingerprint density at radius 1 is 1.12 bits per heavy atom. The van der Waals surface area contributed by atoms with Gasteiger partial charge in [-0.2, -0.15) is 11.8 Å². The molecule has 0 radical (unpaired) electrons. The average molecular weight is 460 g/mol. The number of nitrogens with zero attached hydrogens (tertiary/aromatic N) is 3. The maximum absolute atomic E-state index is 12.3. The Morgan fingerprint density at radius 3 is 2.38 bits per heavy atom. The SMILES string of the molecule is I.NC(=NCCCC(=O)N1Cc2ccccc2C1)N1CCSCC1. The van der Waals surface area contributed by atoms with Crippen LogP contribution in [-0.2, 0) is 17.9 Å². The summed E-state index contributed by atoms with van der Waals surface area (Å²) in [5.74, 6) is 3.07. The van der Waals surface area contributed by atoms with E-state index in [9.17, 15) is 4.79 Å². The zero-order valence-corrected chi connectivity index (χ0v) is 17.0. The van der Waals surface area contributed by atoms with E-state index in [1.165, 1.54) is 11.1 Å². The van der Waals surface area contributed by atoms with E-state index >= 15 is 0 Å². The van der Waals surface area contributed by atoms with Gasteiger partial charge in [-0.3, -0.25) is 9.79 Å². The normalized spacial score (nSPS) is 17.4. The smallest absolute Gasteiger partial charge is 0.223 e. The summed E-state index contributed by atoms with van der Waals surface area (Å²) >= 11 is 1.95. The van der Waals surface area contributed by atoms with Gasteiger partial charge in [0.15, 0.2) is 5.96 Å². The number of benzene rings is 1. The van der Waals surface area contributed by atoms with Crippen molar-refractivity contribution < 1.29 is 4.79 Å². The van der Waals surface area contributed by atoms with E-state index in [1.807, 2.05) is 28.8 Å². The highest BCUT2D eigenvalue weighted by Crippen LogP contribution is 2.22. The van der Waals surface area contributed by atoms with Crippen LogP contribution < -0.4 is 5.73 Å². The van der Waals surface area contributed by atoms with Crippen LogP contribution in [0.25, 0.3) is 0 Å². The molecule has 0 aliphatic carbocycles. The lowest BCUT2D eigenvalue weighted by Crippen LogP contribution is -2.42. The molecule has 3 rings (SSSR count). The summed E-state index contributed by atoms with van der Waals surface area (Å²) in [6.45, 7) is 4.07. The van der Waals surface area contributed by atoms with Crippen LogP contribution in [0.3, 0.4) is 0 Å². The topological polar surface area (TPSA) is 61.9 Å². The van der Waals surface area contributed by atoms with Crippen molar-refractivity contribution in [2.45, 2.75) is 25.9 Å². The van der Waals surface area contributed by atoms with Gasteiger partial charge in [-0.15, -0.1) is 24.0 Å². The minimum atomic E-state index is 0. The van der Waals surface area contributed by atoms with E-state index in [0.29, 0.717) is 18.9 Å². The van der Waals surface area contributed by atoms with Crippen LogP contribution in [0, 0.1) is 0 Å². The molecule has 7 heteroatoms. The highest BCUT2D eigenvalue weighted by molar-refractivity contribution is 14.0. The second kappa shape index (κ2) is 9.50. The highest BCUT2D eigenvalue weighted by atomic mass is 127. The molecular weight excluding hydrogens is 435 g/mol. The van der Waals surface area contributed by atoms with Crippen molar-refractivity contribution in [3.63, 3.8) is 0 Å². The Balaban J connectivity index is 0.00000208. The van der Waals surface area contributed by atoms with Gasteiger partial charge in [-0.25, -0.2) is 0 Å². The van der Waals surface area contributed by atoms with Gasteiger partial charge in [0.05, 0.1) is 0 Å². The Bertz CT molecular complexity index is 565. The van der Waals surface area contributed by atoms with E-state index in [0.717, 1.165) is 44.1 Å². The van der Waals surface area contributed by atoms with Gasteiger partial charge in [-0.05, 0) is 17.5 Å². The molecule has 1 aromatic rings. The fraction of sp³-hybridized carbons (Fsp3) is 0.529. The predicted octanol–water partition coefficient (Wildman–Crippen LogP) is 2.29. The number of hydrogen-bond donors (Lipinski definition) is 1. The molecule has 0 unspecified atom stereocenters. The first kappa shape index (κ1) is 19.4. The summed E-state index contributed by atoms with van der Waals surface area (Å²) in [5, 5.41) is 0. The summed E-state index contributed by atoms with van der Waals surface area (Å²) in [6.07, 6.45) is 1.30. The molecule has 0 saturated carbocycles. The fourth-order valence-corrected chi connectivity index (χ4v) is 3.89. The summed E-state index contributed by atoms with van der Waals surface area (Å²) in [7, 11) is 0. The number of thioether (sulfide) groups is 1. The van der Waals surface area contributed by atoms with Crippen molar-refractivity contribution >= 4 is 47.6 Å². The second-order valence-electron chi connectivity index (χ2n) is 5.96. The molecule has 132 valence electrons. The summed E-state index contributed by atoms with van der Waals surface area (Å²) in [4.78, 5) is 20.8. The number of hydrogen-bond acceptors (Lipinski definition) is 3. The zero-order valence-electron chi connectivity index (χ0n) is 13.8. The lowest BCUT2D eigenvalue weighted by Gasteiger charge is -2.27. The van der Waals surface area contributed by atoms with Crippen molar-refractivity contribution in [1.29, 1.82) is 0 Å². The minimum absolute atomic E-state index is 0. The van der Waals surface area contributed by atoms with E-state index in [2.05, 4.69) is 22.0 Å². The number of halogens is 1. The molecule has 2 aliphatic rings. The molecule has 2 N–H and O–H groups in total. The lowest BCUT2D eigenvalue weighted by molar-refractivity contribution is -0.131. The van der Waals surface area contributed by atoms with Crippen LogP contribution in [0.5, 0.6) is 0 Å². The van der Waals surface area contributed by atoms with Crippen LogP contribution in [0.15, 0.2) is 29.3 Å². The molecule has 5 nitrogen and oxygen atoms in total. The van der Waals surface area contributed by atoms with Gasteiger partial charge in [0, 0.05) is 50.7 Å². The first-order chi connectivity index (χ1) is 11.2. The van der Waals surface area contributed by atoms with E-state index in [-0.39, 0.29) is 29.9 Å². The maximum Gasteiger partial charge on any atom is 0.223 e. The molecule has 2 aliphatic heterocycles. The minimum Gasteiger partial charge on any atom is -0.370 e. The highest BCUT2D eigenvalue weighted by Gasteiger charge is 2.22. The van der Waals surface area contributed by atoms with Gasteiger partial charge in [0.1, 0.15) is 0 Å². The number of carbonyl (C=O) groups excluding carboxylic acids is 1. The number of rotatable bonds is 4. The van der Waals surface area contributed by atoms with Crippen LogP contribution >= 0.6 is 35.7 Å². The first-order valence-electron chi connectivity index (χ1n) is 8.21. The number of aliphatic imine (C=N–C) groups is 1.